The van der Waals surface area contributed by atoms with E-state index in [1.807, 2.05) is 0 Å². The van der Waals surface area contributed by atoms with Crippen LogP contribution in [0, 0.1) is 0 Å². The first-order chi connectivity index (χ1) is 13.3. The highest BCUT2D eigenvalue weighted by atomic mass is 35.5. The number of unbranched alkanes of at least 4 members (excludes halogenated alkanes) is 15. The van der Waals surface area contributed by atoms with Gasteiger partial charge in [-0.1, -0.05) is 96.8 Å². The van der Waals surface area contributed by atoms with Gasteiger partial charge in [-0.15, -0.1) is 0 Å². The van der Waals surface area contributed by atoms with Crippen LogP contribution in [-0.2, 0) is 4.74 Å². The van der Waals surface area contributed by atoms with E-state index >= 15 is 0 Å². The van der Waals surface area contributed by atoms with Crippen LogP contribution in [0.1, 0.15) is 124 Å². The first-order valence-corrected chi connectivity index (χ1v) is 12.7. The summed E-state index contributed by atoms with van der Waals surface area (Å²) in [5.74, 6) is 0. The molecule has 0 aromatic carbocycles. The summed E-state index contributed by atoms with van der Waals surface area (Å²) < 4.78 is 6.77. The Morgan fingerprint density at radius 1 is 0.607 bits per heavy atom. The molecule has 1 aliphatic heterocycles. The lowest BCUT2D eigenvalue weighted by Gasteiger charge is -2.36. The van der Waals surface area contributed by atoms with Crippen molar-refractivity contribution in [2.75, 3.05) is 32.8 Å². The fraction of sp³-hybridized carbons (Fsp3) is 1.00. The predicted molar refractivity (Wildman–Crippen MR) is 120 cm³/mol. The normalized spacial score (nSPS) is 16.2. The van der Waals surface area contributed by atoms with E-state index in [-0.39, 0.29) is 12.4 Å². The average molecular weight is 418 g/mol. The second-order valence-corrected chi connectivity index (χ2v) is 9.14. The molecule has 0 radical (unpaired) electrons. The number of epoxide rings is 1. The van der Waals surface area contributed by atoms with Crippen LogP contribution in [-0.4, -0.2) is 43.4 Å². The summed E-state index contributed by atoms with van der Waals surface area (Å²) in [4.78, 5) is 0. The number of hydrogen-bond acceptors (Lipinski definition) is 1. The van der Waals surface area contributed by atoms with Crippen LogP contribution in [0.4, 0.5) is 0 Å². The second-order valence-electron chi connectivity index (χ2n) is 9.14. The van der Waals surface area contributed by atoms with Gasteiger partial charge >= 0.3 is 0 Å². The van der Waals surface area contributed by atoms with Crippen LogP contribution in [0.3, 0.4) is 0 Å². The molecule has 28 heavy (non-hydrogen) atoms. The van der Waals surface area contributed by atoms with E-state index in [0.717, 1.165) is 6.61 Å². The zero-order chi connectivity index (χ0) is 19.6. The van der Waals surface area contributed by atoms with Crippen LogP contribution in [0.25, 0.3) is 0 Å². The zero-order valence-corrected chi connectivity index (χ0v) is 20.4. The fourth-order valence-electron chi connectivity index (χ4n) is 4.49. The van der Waals surface area contributed by atoms with E-state index in [4.69, 9.17) is 4.74 Å². The Hall–Kier alpha value is 0.210. The summed E-state index contributed by atoms with van der Waals surface area (Å²) in [6.07, 6.45) is 23.9. The molecular weight excluding hydrogens is 366 g/mol. The molecule has 1 aliphatic rings. The SMILES string of the molecule is CCCCCCCCCCCCCCCCCC[N+](CC)(CC)CC1CO1.[Cl-]. The summed E-state index contributed by atoms with van der Waals surface area (Å²) >= 11 is 0. The van der Waals surface area contributed by atoms with Crippen molar-refractivity contribution < 1.29 is 21.6 Å². The molecule has 1 saturated heterocycles. The van der Waals surface area contributed by atoms with Gasteiger partial charge in [0.15, 0.2) is 0 Å². The van der Waals surface area contributed by atoms with Crippen molar-refractivity contribution in [1.29, 1.82) is 0 Å². The minimum atomic E-state index is 0. The zero-order valence-electron chi connectivity index (χ0n) is 19.7. The highest BCUT2D eigenvalue weighted by molar-refractivity contribution is 4.68. The monoisotopic (exact) mass is 417 g/mol. The van der Waals surface area contributed by atoms with Crippen LogP contribution in [0.2, 0.25) is 0 Å². The quantitative estimate of drug-likeness (QED) is 0.152. The van der Waals surface area contributed by atoms with Crippen LogP contribution < -0.4 is 12.4 Å². The minimum absolute atomic E-state index is 0. The van der Waals surface area contributed by atoms with Gasteiger partial charge in [0.25, 0.3) is 0 Å². The standard InChI is InChI=1S/C25H52NO.ClH/c1-4-7-8-9-10-11-12-13-14-15-16-17-18-19-20-21-22-26(5-2,6-3)23-25-24-27-25;/h25H,4-24H2,1-3H3;1H/q+1;/p-1. The maximum atomic E-state index is 5.48. The molecule has 1 fully saturated rings. The highest BCUT2D eigenvalue weighted by Crippen LogP contribution is 2.19. The van der Waals surface area contributed by atoms with Gasteiger partial charge in [0, 0.05) is 0 Å². The molecule has 1 rings (SSSR count). The second kappa shape index (κ2) is 19.2. The molecule has 0 bridgehead atoms. The van der Waals surface area contributed by atoms with Gasteiger partial charge < -0.3 is 21.6 Å². The highest BCUT2D eigenvalue weighted by Gasteiger charge is 2.34. The lowest BCUT2D eigenvalue weighted by molar-refractivity contribution is -0.925. The van der Waals surface area contributed by atoms with Crippen molar-refractivity contribution in [3.8, 4) is 0 Å². The molecule has 0 amide bonds. The number of ether oxygens (including phenoxy) is 1. The molecular formula is C25H52ClNO. The van der Waals surface area contributed by atoms with Crippen molar-refractivity contribution in [3.05, 3.63) is 0 Å². The third-order valence-electron chi connectivity index (χ3n) is 6.82. The minimum Gasteiger partial charge on any atom is -1.00 e. The van der Waals surface area contributed by atoms with Gasteiger partial charge in [-0.3, -0.25) is 0 Å². The Balaban J connectivity index is 0.00000729. The summed E-state index contributed by atoms with van der Waals surface area (Å²) in [6, 6.07) is 0. The lowest BCUT2D eigenvalue weighted by atomic mass is 10.0. The summed E-state index contributed by atoms with van der Waals surface area (Å²) in [5, 5.41) is 0. The molecule has 0 aromatic heterocycles. The Bertz CT molecular complexity index is 316. The van der Waals surface area contributed by atoms with E-state index in [9.17, 15) is 0 Å². The number of likely N-dealkylation sites (N-methyl/N-ethyl adjacent to an activating group) is 1. The average Bonchev–Trinajstić information content (AvgIpc) is 3.50. The molecule has 0 N–H and O–H groups in total. The molecule has 170 valence electrons. The molecule has 0 saturated carbocycles. The van der Waals surface area contributed by atoms with E-state index in [2.05, 4.69) is 20.8 Å². The fourth-order valence-corrected chi connectivity index (χ4v) is 4.49. The van der Waals surface area contributed by atoms with Crippen LogP contribution >= 0.6 is 0 Å². The molecule has 3 heteroatoms. The van der Waals surface area contributed by atoms with E-state index < -0.39 is 0 Å². The van der Waals surface area contributed by atoms with Crippen molar-refractivity contribution in [1.82, 2.24) is 0 Å². The molecule has 0 spiro atoms. The Morgan fingerprint density at radius 3 is 1.29 bits per heavy atom. The largest absolute Gasteiger partial charge is 1.00 e. The van der Waals surface area contributed by atoms with Gasteiger partial charge in [0.1, 0.15) is 12.6 Å². The van der Waals surface area contributed by atoms with Crippen molar-refractivity contribution in [2.45, 2.75) is 130 Å². The number of halogens is 1. The number of nitrogens with zero attached hydrogens (tertiary/aromatic N) is 1. The number of rotatable bonds is 21. The summed E-state index contributed by atoms with van der Waals surface area (Å²) in [6.45, 7) is 13.2. The van der Waals surface area contributed by atoms with E-state index in [1.54, 1.807) is 0 Å². The smallest absolute Gasteiger partial charge is 0.130 e. The molecule has 1 unspecified atom stereocenters. The van der Waals surface area contributed by atoms with E-state index in [1.165, 1.54) is 133 Å². The number of quaternary nitrogens is 1. The molecule has 2 nitrogen and oxygen atoms in total. The van der Waals surface area contributed by atoms with Crippen molar-refractivity contribution in [2.24, 2.45) is 0 Å². The lowest BCUT2D eigenvalue weighted by Crippen LogP contribution is -3.00. The third kappa shape index (κ3) is 15.1. The number of hydrogen-bond donors (Lipinski definition) is 0. The molecule has 0 aromatic rings. The third-order valence-corrected chi connectivity index (χ3v) is 6.82. The topological polar surface area (TPSA) is 12.5 Å². The maximum Gasteiger partial charge on any atom is 0.130 e. The summed E-state index contributed by atoms with van der Waals surface area (Å²) in [5.41, 5.74) is 0. The van der Waals surface area contributed by atoms with E-state index in [0.29, 0.717) is 6.10 Å². The maximum absolute atomic E-state index is 5.48. The van der Waals surface area contributed by atoms with Crippen molar-refractivity contribution >= 4 is 0 Å². The predicted octanol–water partition coefficient (Wildman–Crippen LogP) is 4.51. The summed E-state index contributed by atoms with van der Waals surface area (Å²) in [7, 11) is 0. The van der Waals surface area contributed by atoms with Gasteiger partial charge in [-0.2, -0.15) is 0 Å². The van der Waals surface area contributed by atoms with Crippen LogP contribution in [0.5, 0.6) is 0 Å². The van der Waals surface area contributed by atoms with Crippen LogP contribution in [0.15, 0.2) is 0 Å². The Kier molecular flexibility index (Phi) is 19.3. The first kappa shape index (κ1) is 28.2. The van der Waals surface area contributed by atoms with Gasteiger partial charge in [0.05, 0.1) is 26.2 Å². The molecule has 1 atom stereocenters. The Morgan fingerprint density at radius 2 is 0.964 bits per heavy atom. The van der Waals surface area contributed by atoms with Gasteiger partial charge in [-0.25, -0.2) is 0 Å². The first-order valence-electron chi connectivity index (χ1n) is 12.7. The molecule has 0 aliphatic carbocycles. The van der Waals surface area contributed by atoms with Crippen molar-refractivity contribution in [3.63, 3.8) is 0 Å². The van der Waals surface area contributed by atoms with Gasteiger partial charge in [-0.05, 0) is 26.7 Å². The Labute approximate surface area is 184 Å². The molecule has 1 heterocycles. The van der Waals surface area contributed by atoms with Gasteiger partial charge in [0.2, 0.25) is 0 Å².